The lowest BCUT2D eigenvalue weighted by Gasteiger charge is -2.14. The van der Waals surface area contributed by atoms with Crippen LogP contribution in [0, 0.1) is 0 Å². The Morgan fingerprint density at radius 3 is 2.80 bits per heavy atom. The molecule has 2 aromatic rings. The Bertz CT molecular complexity index is 794. The second kappa shape index (κ2) is 8.16. The molecule has 1 aromatic heterocycles. The normalized spacial score (nSPS) is 14.8. The lowest BCUT2D eigenvalue weighted by Crippen LogP contribution is -2.32. The topological polar surface area (TPSA) is 63.6 Å². The number of likely N-dealkylation sites (tertiary alicyclic amines) is 1. The van der Waals surface area contributed by atoms with E-state index in [-0.39, 0.29) is 18.1 Å². The zero-order chi connectivity index (χ0) is 17.6. The highest BCUT2D eigenvalue weighted by atomic mass is 16.5. The lowest BCUT2D eigenvalue weighted by molar-refractivity contribution is -0.123. The lowest BCUT2D eigenvalue weighted by atomic mass is 10.2. The number of nitrogens with zero attached hydrogens (tertiary/aromatic N) is 2. The molecule has 1 aromatic carbocycles. The molecule has 0 saturated carbocycles. The van der Waals surface area contributed by atoms with E-state index in [1.807, 2.05) is 24.3 Å². The van der Waals surface area contributed by atoms with E-state index in [1.54, 1.807) is 11.6 Å². The summed E-state index contributed by atoms with van der Waals surface area (Å²) in [6.45, 7) is 3.94. The van der Waals surface area contributed by atoms with Gasteiger partial charge in [-0.05, 0) is 51.0 Å². The maximum Gasteiger partial charge on any atom is 0.257 e. The number of pyridine rings is 1. The SMILES string of the molecule is Cn1c(=O)cc(OCC(=O)NCCCN2CCCC2)c2ccccc21. The number of ether oxygens (including phenoxy) is 1. The van der Waals surface area contributed by atoms with E-state index in [0.29, 0.717) is 12.3 Å². The first-order valence-corrected chi connectivity index (χ1v) is 8.86. The number of para-hydroxylation sites is 1. The van der Waals surface area contributed by atoms with Crippen LogP contribution in [0.15, 0.2) is 35.1 Å². The molecule has 1 N–H and O–H groups in total. The third-order valence-electron chi connectivity index (χ3n) is 4.65. The van der Waals surface area contributed by atoms with Gasteiger partial charge in [0, 0.05) is 25.0 Å². The summed E-state index contributed by atoms with van der Waals surface area (Å²) in [6.07, 6.45) is 3.51. The van der Waals surface area contributed by atoms with Crippen LogP contribution in [0.1, 0.15) is 19.3 Å². The number of aromatic nitrogens is 1. The molecule has 1 aliphatic rings. The van der Waals surface area contributed by atoms with Gasteiger partial charge in [-0.3, -0.25) is 9.59 Å². The van der Waals surface area contributed by atoms with Crippen molar-refractivity contribution in [3.63, 3.8) is 0 Å². The molecule has 3 rings (SSSR count). The van der Waals surface area contributed by atoms with Gasteiger partial charge in [0.1, 0.15) is 5.75 Å². The number of aryl methyl sites for hydroxylation is 1. The van der Waals surface area contributed by atoms with Gasteiger partial charge in [0.15, 0.2) is 6.61 Å². The van der Waals surface area contributed by atoms with Crippen molar-refractivity contribution < 1.29 is 9.53 Å². The van der Waals surface area contributed by atoms with Crippen LogP contribution >= 0.6 is 0 Å². The van der Waals surface area contributed by atoms with Crippen LogP contribution < -0.4 is 15.6 Å². The van der Waals surface area contributed by atoms with Crippen molar-refractivity contribution in [2.45, 2.75) is 19.3 Å². The van der Waals surface area contributed by atoms with Crippen molar-refractivity contribution in [1.82, 2.24) is 14.8 Å². The molecule has 1 aliphatic heterocycles. The first kappa shape index (κ1) is 17.5. The number of carbonyl (C=O) groups is 1. The van der Waals surface area contributed by atoms with Gasteiger partial charge in [-0.1, -0.05) is 12.1 Å². The third kappa shape index (κ3) is 4.39. The minimum Gasteiger partial charge on any atom is -0.483 e. The highest BCUT2D eigenvalue weighted by Crippen LogP contribution is 2.22. The molecule has 1 fully saturated rings. The van der Waals surface area contributed by atoms with Gasteiger partial charge in [-0.15, -0.1) is 0 Å². The van der Waals surface area contributed by atoms with Gasteiger partial charge in [0.2, 0.25) is 0 Å². The minimum absolute atomic E-state index is 0.0825. The van der Waals surface area contributed by atoms with Gasteiger partial charge in [0.25, 0.3) is 11.5 Å². The first-order valence-electron chi connectivity index (χ1n) is 8.86. The largest absolute Gasteiger partial charge is 0.483 e. The van der Waals surface area contributed by atoms with E-state index in [1.165, 1.54) is 32.0 Å². The predicted molar refractivity (Wildman–Crippen MR) is 98.0 cm³/mol. The minimum atomic E-state index is -0.161. The van der Waals surface area contributed by atoms with Crippen LogP contribution in [0.2, 0.25) is 0 Å². The molecule has 0 aliphatic carbocycles. The zero-order valence-electron chi connectivity index (χ0n) is 14.7. The van der Waals surface area contributed by atoms with Crippen LogP contribution in [-0.2, 0) is 11.8 Å². The van der Waals surface area contributed by atoms with Gasteiger partial charge < -0.3 is 19.5 Å². The fourth-order valence-electron chi connectivity index (χ4n) is 3.23. The second-order valence-electron chi connectivity index (χ2n) is 6.46. The Labute approximate surface area is 147 Å². The van der Waals surface area contributed by atoms with Crippen LogP contribution in [0.3, 0.4) is 0 Å². The van der Waals surface area contributed by atoms with Gasteiger partial charge in [0.05, 0.1) is 5.52 Å². The Hall–Kier alpha value is -2.34. The molecule has 2 heterocycles. The van der Waals surface area contributed by atoms with E-state index in [2.05, 4.69) is 10.2 Å². The molecule has 6 heteroatoms. The van der Waals surface area contributed by atoms with Crippen LogP contribution in [0.25, 0.3) is 10.9 Å². The molecule has 0 radical (unpaired) electrons. The van der Waals surface area contributed by atoms with Crippen LogP contribution in [-0.4, -0.2) is 48.2 Å². The molecular formula is C19H25N3O3. The summed E-state index contributed by atoms with van der Waals surface area (Å²) in [4.78, 5) is 26.4. The van der Waals surface area contributed by atoms with Crippen molar-refractivity contribution in [1.29, 1.82) is 0 Å². The van der Waals surface area contributed by atoms with Crippen molar-refractivity contribution in [3.05, 3.63) is 40.7 Å². The Balaban J connectivity index is 1.51. The highest BCUT2D eigenvalue weighted by Gasteiger charge is 2.11. The standard InChI is InChI=1S/C19H25N3O3/c1-21-16-8-3-2-7-15(16)17(13-19(21)24)25-14-18(23)20-9-6-12-22-10-4-5-11-22/h2-3,7-8,13H,4-6,9-12,14H2,1H3,(H,20,23). The molecule has 134 valence electrons. The monoisotopic (exact) mass is 343 g/mol. The summed E-state index contributed by atoms with van der Waals surface area (Å²) in [7, 11) is 1.72. The molecular weight excluding hydrogens is 318 g/mol. The molecule has 0 spiro atoms. The van der Waals surface area contributed by atoms with Crippen molar-refractivity contribution in [2.75, 3.05) is 32.8 Å². The molecule has 25 heavy (non-hydrogen) atoms. The summed E-state index contributed by atoms with van der Waals surface area (Å²) in [6, 6.07) is 8.94. The quantitative estimate of drug-likeness (QED) is 0.774. The summed E-state index contributed by atoms with van der Waals surface area (Å²) >= 11 is 0. The van der Waals surface area contributed by atoms with Crippen LogP contribution in [0.4, 0.5) is 0 Å². The maximum absolute atomic E-state index is 12.0. The number of carbonyl (C=O) groups excluding carboxylic acids is 1. The Kier molecular flexibility index (Phi) is 5.71. The molecule has 0 bridgehead atoms. The predicted octanol–water partition coefficient (Wildman–Crippen LogP) is 1.52. The molecule has 0 atom stereocenters. The highest BCUT2D eigenvalue weighted by molar-refractivity contribution is 5.86. The maximum atomic E-state index is 12.0. The van der Waals surface area contributed by atoms with Crippen molar-refractivity contribution >= 4 is 16.8 Å². The number of nitrogens with one attached hydrogen (secondary N) is 1. The average molecular weight is 343 g/mol. The molecule has 1 amide bonds. The number of hydrogen-bond acceptors (Lipinski definition) is 4. The summed E-state index contributed by atoms with van der Waals surface area (Å²) < 4.78 is 7.18. The number of benzene rings is 1. The second-order valence-corrected chi connectivity index (χ2v) is 6.46. The number of rotatable bonds is 7. The number of hydrogen-bond donors (Lipinski definition) is 1. The number of amides is 1. The van der Waals surface area contributed by atoms with Crippen molar-refractivity contribution in [2.24, 2.45) is 7.05 Å². The van der Waals surface area contributed by atoms with Gasteiger partial charge >= 0.3 is 0 Å². The van der Waals surface area contributed by atoms with E-state index in [0.717, 1.165) is 23.9 Å². The smallest absolute Gasteiger partial charge is 0.257 e. The third-order valence-corrected chi connectivity index (χ3v) is 4.65. The fraction of sp³-hybridized carbons (Fsp3) is 0.474. The van der Waals surface area contributed by atoms with Gasteiger partial charge in [-0.25, -0.2) is 0 Å². The van der Waals surface area contributed by atoms with Crippen molar-refractivity contribution in [3.8, 4) is 5.75 Å². The summed E-state index contributed by atoms with van der Waals surface area (Å²) in [5.41, 5.74) is 0.635. The summed E-state index contributed by atoms with van der Waals surface area (Å²) in [5.74, 6) is 0.289. The molecule has 1 saturated heterocycles. The number of fused-ring (bicyclic) bond motifs is 1. The summed E-state index contributed by atoms with van der Waals surface area (Å²) in [5, 5.41) is 3.70. The Morgan fingerprint density at radius 1 is 1.24 bits per heavy atom. The van der Waals surface area contributed by atoms with Gasteiger partial charge in [-0.2, -0.15) is 0 Å². The van der Waals surface area contributed by atoms with E-state index in [4.69, 9.17) is 4.74 Å². The first-order chi connectivity index (χ1) is 12.1. The average Bonchev–Trinajstić information content (AvgIpc) is 3.14. The van der Waals surface area contributed by atoms with E-state index in [9.17, 15) is 9.59 Å². The van der Waals surface area contributed by atoms with E-state index >= 15 is 0 Å². The van der Waals surface area contributed by atoms with Crippen LogP contribution in [0.5, 0.6) is 5.75 Å². The Morgan fingerprint density at radius 2 is 2.00 bits per heavy atom. The zero-order valence-corrected chi connectivity index (χ0v) is 14.7. The fourth-order valence-corrected chi connectivity index (χ4v) is 3.23. The van der Waals surface area contributed by atoms with E-state index < -0.39 is 0 Å². The molecule has 6 nitrogen and oxygen atoms in total. The molecule has 0 unspecified atom stereocenters.